The van der Waals surface area contributed by atoms with Crippen LogP contribution in [0.25, 0.3) is 11.2 Å². The number of aliphatic carboxylic acids is 2. The third kappa shape index (κ3) is 4.85. The predicted molar refractivity (Wildman–Crippen MR) is 130 cm³/mol. The molecule has 3 aromatic rings. The van der Waals surface area contributed by atoms with E-state index in [4.69, 9.17) is 26.8 Å². The zero-order chi connectivity index (χ0) is 28.7. The van der Waals surface area contributed by atoms with E-state index in [1.807, 2.05) is 0 Å². The van der Waals surface area contributed by atoms with E-state index >= 15 is 4.39 Å². The minimum absolute atomic E-state index is 0.00670. The number of imidazole rings is 1. The van der Waals surface area contributed by atoms with Crippen LogP contribution in [0.1, 0.15) is 22.8 Å². The molecule has 0 unspecified atom stereocenters. The van der Waals surface area contributed by atoms with E-state index < -0.39 is 60.6 Å². The molecule has 2 aromatic heterocycles. The van der Waals surface area contributed by atoms with Gasteiger partial charge in [-0.1, -0.05) is 12.1 Å². The molecule has 1 saturated heterocycles. The Bertz CT molecular complexity index is 1420. The first-order chi connectivity index (χ1) is 18.3. The van der Waals surface area contributed by atoms with Gasteiger partial charge in [0.2, 0.25) is 5.28 Å². The van der Waals surface area contributed by atoms with Crippen molar-refractivity contribution in [3.63, 3.8) is 0 Å². The Morgan fingerprint density at radius 2 is 1.87 bits per heavy atom. The third-order valence-electron chi connectivity index (χ3n) is 6.47. The minimum atomic E-state index is -2.84. The fourth-order valence-corrected chi connectivity index (χ4v) is 4.46. The molecule has 14 nitrogen and oxygen atoms in total. The first-order valence-electron chi connectivity index (χ1n) is 11.3. The quantitative estimate of drug-likeness (QED) is 0.160. The number of ether oxygens (including phenoxy) is 3. The number of alkyl halides is 1. The molecule has 5 N–H and O–H groups in total. The molecular weight excluding hydrogens is 545 g/mol. The van der Waals surface area contributed by atoms with E-state index in [1.54, 1.807) is 0 Å². The third-order valence-corrected chi connectivity index (χ3v) is 6.64. The average molecular weight is 568 g/mol. The van der Waals surface area contributed by atoms with Gasteiger partial charge in [-0.3, -0.25) is 4.57 Å². The van der Waals surface area contributed by atoms with Gasteiger partial charge < -0.3 is 35.3 Å². The minimum Gasteiger partial charge on any atom is -0.479 e. The summed E-state index contributed by atoms with van der Waals surface area (Å²) in [5.41, 5.74) is 1.49. The number of carboxylic acid groups (broad SMARTS) is 2. The number of aromatic nitrogens is 4. The van der Waals surface area contributed by atoms with Crippen molar-refractivity contribution in [2.24, 2.45) is 0 Å². The highest BCUT2D eigenvalue weighted by molar-refractivity contribution is 6.28. The van der Waals surface area contributed by atoms with Crippen molar-refractivity contribution < 1.29 is 48.3 Å². The van der Waals surface area contributed by atoms with Gasteiger partial charge in [0.15, 0.2) is 23.4 Å². The molecule has 0 aliphatic carbocycles. The Balaban J connectivity index is 1.59. The molecule has 1 aromatic carbocycles. The second-order valence-corrected chi connectivity index (χ2v) is 9.22. The van der Waals surface area contributed by atoms with Gasteiger partial charge in [-0.15, -0.1) is 0 Å². The van der Waals surface area contributed by atoms with Crippen LogP contribution in [-0.4, -0.2) is 90.4 Å². The predicted octanol–water partition coefficient (Wildman–Crippen LogP) is 0.786. The summed E-state index contributed by atoms with van der Waals surface area (Å²) >= 11 is 5.87. The molecule has 0 spiro atoms. The maximum Gasteiger partial charge on any atom is 0.348 e. The molecule has 0 amide bonds. The number of hydrogen-bond acceptors (Lipinski definition) is 11. The summed E-state index contributed by atoms with van der Waals surface area (Å²) in [6.07, 6.45) is -4.99. The second-order valence-electron chi connectivity index (χ2n) is 8.88. The number of carboxylic acids is 2. The number of anilines is 1. The summed E-state index contributed by atoms with van der Waals surface area (Å²) in [5.74, 6) is -4.41. The Kier molecular flexibility index (Phi) is 7.44. The molecule has 1 aliphatic heterocycles. The van der Waals surface area contributed by atoms with Crippen LogP contribution in [0.15, 0.2) is 30.6 Å². The van der Waals surface area contributed by atoms with E-state index in [0.717, 1.165) is 10.9 Å². The summed E-state index contributed by atoms with van der Waals surface area (Å²) in [4.78, 5) is 47.8. The normalized spacial score (nSPS) is 23.2. The van der Waals surface area contributed by atoms with E-state index in [1.165, 1.54) is 38.3 Å². The van der Waals surface area contributed by atoms with Gasteiger partial charge >= 0.3 is 17.9 Å². The summed E-state index contributed by atoms with van der Waals surface area (Å²) in [5, 5.41) is 30.0. The SMILES string of the molecule is COC(=O)c1ccc(CC(OC[C@H]2O[C@@](C)(n3cnc4c(N)nc(Cl)nc43)[C@@H](F)[C@@H]2O)(C(=O)O)C(=O)O)cc1. The highest BCUT2D eigenvalue weighted by Gasteiger charge is 2.56. The number of methoxy groups -OCH3 is 1. The molecule has 0 saturated carbocycles. The van der Waals surface area contributed by atoms with Crippen molar-refractivity contribution >= 4 is 46.5 Å². The van der Waals surface area contributed by atoms with E-state index in [0.29, 0.717) is 0 Å². The van der Waals surface area contributed by atoms with Crippen molar-refractivity contribution in [2.75, 3.05) is 19.5 Å². The van der Waals surface area contributed by atoms with E-state index in [-0.39, 0.29) is 33.4 Å². The first-order valence-corrected chi connectivity index (χ1v) is 11.7. The van der Waals surface area contributed by atoms with E-state index in [9.17, 15) is 29.7 Å². The number of nitrogens with two attached hydrogens (primary N) is 1. The van der Waals surface area contributed by atoms with Crippen molar-refractivity contribution in [2.45, 2.75) is 43.1 Å². The highest BCUT2D eigenvalue weighted by Crippen LogP contribution is 2.40. The Morgan fingerprint density at radius 3 is 2.46 bits per heavy atom. The number of fused-ring (bicyclic) bond motifs is 1. The van der Waals surface area contributed by atoms with Crippen molar-refractivity contribution in [3.05, 3.63) is 47.0 Å². The van der Waals surface area contributed by atoms with Gasteiger partial charge in [-0.25, -0.2) is 23.8 Å². The lowest BCUT2D eigenvalue weighted by molar-refractivity contribution is -0.193. The number of esters is 1. The molecular formula is C23H23ClFN5O9. The van der Waals surface area contributed by atoms with Crippen LogP contribution in [0.3, 0.4) is 0 Å². The molecule has 4 atom stereocenters. The number of carbonyl (C=O) groups excluding carboxylic acids is 1. The number of benzene rings is 1. The molecule has 0 radical (unpaired) electrons. The van der Waals surface area contributed by atoms with Crippen LogP contribution >= 0.6 is 11.6 Å². The molecule has 39 heavy (non-hydrogen) atoms. The largest absolute Gasteiger partial charge is 0.479 e. The van der Waals surface area contributed by atoms with Crippen molar-refractivity contribution in [1.29, 1.82) is 0 Å². The standard InChI is InChI=1S/C23H23ClFN5O9/c1-22(30-9-27-13-16(26)28-21(24)29-17(13)30)15(25)14(31)12(39-22)8-38-23(19(33)34,20(35)36)7-10-3-5-11(6-4-10)18(32)37-2/h3-6,9,12,14-15,31H,7-8H2,1-2H3,(H,33,34)(H,35,36)(H2,26,28,29)/t12-,14-,15+,22-/m1/s1. The maximum atomic E-state index is 15.5. The summed E-state index contributed by atoms with van der Waals surface area (Å²) in [7, 11) is 1.18. The number of halogens is 2. The zero-order valence-electron chi connectivity index (χ0n) is 20.4. The van der Waals surface area contributed by atoms with Gasteiger partial charge in [0, 0.05) is 6.42 Å². The van der Waals surface area contributed by atoms with Crippen LogP contribution in [0, 0.1) is 0 Å². The number of carbonyl (C=O) groups is 3. The molecule has 3 heterocycles. The van der Waals surface area contributed by atoms with Gasteiger partial charge in [0.05, 0.1) is 25.6 Å². The number of aliphatic hydroxyl groups is 1. The van der Waals surface area contributed by atoms with Crippen LogP contribution in [-0.2, 0) is 35.9 Å². The lowest BCUT2D eigenvalue weighted by Gasteiger charge is -2.29. The topological polar surface area (TPSA) is 209 Å². The molecule has 1 aliphatic rings. The van der Waals surface area contributed by atoms with Gasteiger partial charge in [-0.05, 0) is 36.2 Å². The number of nitrogens with zero attached hydrogens (tertiary/aromatic N) is 4. The summed E-state index contributed by atoms with van der Waals surface area (Å²) < 4.78 is 32.3. The lowest BCUT2D eigenvalue weighted by Crippen LogP contribution is -2.52. The average Bonchev–Trinajstić information content (AvgIpc) is 3.42. The van der Waals surface area contributed by atoms with Crippen LogP contribution in [0.4, 0.5) is 10.2 Å². The van der Waals surface area contributed by atoms with E-state index in [2.05, 4.69) is 19.7 Å². The molecule has 208 valence electrons. The Hall–Kier alpha value is -3.92. The fourth-order valence-electron chi connectivity index (χ4n) is 4.29. The van der Waals surface area contributed by atoms with Gasteiger partial charge in [0.25, 0.3) is 5.60 Å². The van der Waals surface area contributed by atoms with Gasteiger partial charge in [-0.2, -0.15) is 9.97 Å². The van der Waals surface area contributed by atoms with Crippen molar-refractivity contribution in [3.8, 4) is 0 Å². The highest BCUT2D eigenvalue weighted by atomic mass is 35.5. The Labute approximate surface area is 224 Å². The molecule has 0 bridgehead atoms. The van der Waals surface area contributed by atoms with Crippen LogP contribution in [0.5, 0.6) is 0 Å². The van der Waals surface area contributed by atoms with Crippen molar-refractivity contribution in [1.82, 2.24) is 19.5 Å². The lowest BCUT2D eigenvalue weighted by atomic mass is 9.93. The van der Waals surface area contributed by atoms with Gasteiger partial charge in [0.1, 0.15) is 17.7 Å². The molecule has 16 heteroatoms. The second kappa shape index (κ2) is 10.3. The number of hydrogen-bond donors (Lipinski definition) is 4. The smallest absolute Gasteiger partial charge is 0.348 e. The fraction of sp³-hybridized carbons (Fsp3) is 0.391. The first kappa shape index (κ1) is 28.1. The van der Waals surface area contributed by atoms with Crippen LogP contribution in [0.2, 0.25) is 5.28 Å². The number of aliphatic hydroxyl groups excluding tert-OH is 1. The molecule has 4 rings (SSSR count). The maximum absolute atomic E-state index is 15.5. The molecule has 1 fully saturated rings. The Morgan fingerprint density at radius 1 is 1.23 bits per heavy atom. The summed E-state index contributed by atoms with van der Waals surface area (Å²) in [6, 6.07) is 5.34. The number of nitrogen functional groups attached to an aromatic ring is 1. The van der Waals surface area contributed by atoms with Crippen LogP contribution < -0.4 is 5.73 Å². The zero-order valence-corrected chi connectivity index (χ0v) is 21.2. The number of rotatable bonds is 9. The summed E-state index contributed by atoms with van der Waals surface area (Å²) in [6.45, 7) is 0.458. The monoisotopic (exact) mass is 567 g/mol.